The molecule has 0 aromatic rings. The van der Waals surface area contributed by atoms with Gasteiger partial charge in [-0.2, -0.15) is 0 Å². The fraction of sp³-hybridized carbons (Fsp3) is 0.793. The van der Waals surface area contributed by atoms with Crippen LogP contribution in [0.15, 0.2) is 47.6 Å². The molecule has 0 radical (unpaired) electrons. The van der Waals surface area contributed by atoms with Gasteiger partial charge in [0.25, 0.3) is 11.7 Å². The standard InChI is InChI=1S/C58H93NO15/c1-37-16-12-11-13-17-38(2)50(73-36-47-35-69-25-27-70-47)32-46-21-19-43(7)58(65,74-46)56(63)57(64)59-23-15-14-18-45(59)34-72-51(40(4)30-44-20-22-49(52(31-44)67-9)71-26-24-66-8)33-48(60)39(3)29-42(6)54(62)55(68-10)53(61)41(5)28-37/h11-13,16-17,29,37,39-41,43-47,49-52,54-55,62,65H,14-15,18-28,30-36H2,1-10H3/b13-11+,16-12+,38-17+,42-29+/t37-,39-,40-,41-,43-,44+,45+,46+,47+,49-,50+,51+,52-,54-,55+,58-/m1/s1. The van der Waals surface area contributed by atoms with Crippen molar-refractivity contribution in [2.45, 2.75) is 186 Å². The van der Waals surface area contributed by atoms with E-state index in [0.717, 1.165) is 37.7 Å². The molecule has 1 saturated carbocycles. The van der Waals surface area contributed by atoms with Crippen LogP contribution in [0.1, 0.15) is 126 Å². The van der Waals surface area contributed by atoms with Gasteiger partial charge in [-0.1, -0.05) is 71.1 Å². The summed E-state index contributed by atoms with van der Waals surface area (Å²) < 4.78 is 54.1. The largest absolute Gasteiger partial charge is 0.386 e. The van der Waals surface area contributed by atoms with Gasteiger partial charge in [0.15, 0.2) is 5.78 Å². The summed E-state index contributed by atoms with van der Waals surface area (Å²) >= 11 is 0. The number of methoxy groups -OCH3 is 3. The Morgan fingerprint density at radius 3 is 2.32 bits per heavy atom. The second-order valence-corrected chi connectivity index (χ2v) is 22.1. The molecule has 4 heterocycles. The number of amides is 1. The van der Waals surface area contributed by atoms with E-state index in [4.69, 9.17) is 42.6 Å². The highest BCUT2D eigenvalue weighted by molar-refractivity contribution is 6.38. The first-order valence-electron chi connectivity index (χ1n) is 27.7. The normalized spacial score (nSPS) is 39.3. The lowest BCUT2D eigenvalue weighted by Gasteiger charge is -2.43. The summed E-state index contributed by atoms with van der Waals surface area (Å²) in [7, 11) is 4.77. The molecule has 2 N–H and O–H groups in total. The van der Waals surface area contributed by atoms with E-state index >= 15 is 0 Å². The molecule has 5 rings (SSSR count). The first kappa shape index (κ1) is 61.8. The Bertz CT molecular complexity index is 1900. The zero-order chi connectivity index (χ0) is 54.0. The molecule has 1 amide bonds. The number of fused-ring (bicyclic) bond motifs is 3. The summed E-state index contributed by atoms with van der Waals surface area (Å²) in [5, 5.41) is 23.8. The van der Waals surface area contributed by atoms with Crippen LogP contribution >= 0.6 is 0 Å². The zero-order valence-electron chi connectivity index (χ0n) is 46.4. The van der Waals surface area contributed by atoms with Gasteiger partial charge in [-0.25, -0.2) is 0 Å². The minimum Gasteiger partial charge on any atom is -0.386 e. The van der Waals surface area contributed by atoms with Gasteiger partial charge in [-0.3, -0.25) is 19.2 Å². The smallest absolute Gasteiger partial charge is 0.296 e. The minimum atomic E-state index is -2.35. The van der Waals surface area contributed by atoms with Gasteiger partial charge in [0.2, 0.25) is 5.79 Å². The van der Waals surface area contributed by atoms with Gasteiger partial charge in [-0.05, 0) is 107 Å². The molecule has 74 heavy (non-hydrogen) atoms. The molecular formula is C58H93NO15. The topological polar surface area (TPSA) is 195 Å². The van der Waals surface area contributed by atoms with Crippen molar-refractivity contribution >= 4 is 23.3 Å². The maximum Gasteiger partial charge on any atom is 0.296 e. The SMILES string of the molecule is COCCO[C@@H]1CC[C@@H](C[C@@H](C)[C@@H]2CC(=O)[C@H](C)/C=C(\C)[C@@H](O)[C@@H](OC)C(=O)[C@H](C)C[C@H](C)/C=C/C=C/C=C(\C)[C@@H](OC[C@@H]3COCCO3)C[C@@H]3CC[C@@H](C)[C@@](O)(O3)C(=O)C(=O)N3CCCC[C@H]3CO2)C[C@H]1OC. The first-order valence-corrected chi connectivity index (χ1v) is 27.7. The molecule has 420 valence electrons. The lowest BCUT2D eigenvalue weighted by atomic mass is 9.78. The van der Waals surface area contributed by atoms with Crippen LogP contribution in [0.5, 0.6) is 0 Å². The van der Waals surface area contributed by atoms with Crippen LogP contribution in [0.2, 0.25) is 0 Å². The van der Waals surface area contributed by atoms with E-state index in [9.17, 15) is 29.4 Å². The maximum absolute atomic E-state index is 14.5. The van der Waals surface area contributed by atoms with Crippen molar-refractivity contribution in [3.8, 4) is 0 Å². The third-order valence-corrected chi connectivity index (χ3v) is 16.2. The third-order valence-electron chi connectivity index (χ3n) is 16.2. The summed E-state index contributed by atoms with van der Waals surface area (Å²) in [4.78, 5) is 58.7. The minimum absolute atomic E-state index is 0.0199. The lowest BCUT2D eigenvalue weighted by molar-refractivity contribution is -0.266. The summed E-state index contributed by atoms with van der Waals surface area (Å²) in [5.41, 5.74) is 1.34. The molecule has 16 nitrogen and oxygen atoms in total. The van der Waals surface area contributed by atoms with E-state index in [-0.39, 0.29) is 67.3 Å². The Morgan fingerprint density at radius 1 is 0.824 bits per heavy atom. The van der Waals surface area contributed by atoms with E-state index in [1.165, 1.54) is 12.0 Å². The molecule has 16 heteroatoms. The van der Waals surface area contributed by atoms with Crippen LogP contribution < -0.4 is 0 Å². The molecule has 1 aliphatic carbocycles. The predicted octanol–water partition coefficient (Wildman–Crippen LogP) is 7.11. The van der Waals surface area contributed by atoms with Gasteiger partial charge >= 0.3 is 0 Å². The number of ether oxygens (including phenoxy) is 9. The molecule has 0 spiro atoms. The van der Waals surface area contributed by atoms with Gasteiger partial charge in [-0.15, -0.1) is 0 Å². The van der Waals surface area contributed by atoms with Crippen LogP contribution in [0.4, 0.5) is 0 Å². The number of carbonyl (C=O) groups is 4. The van der Waals surface area contributed by atoms with Crippen molar-refractivity contribution in [2.24, 2.45) is 35.5 Å². The number of carbonyl (C=O) groups excluding carboxylic acids is 4. The first-order chi connectivity index (χ1) is 35.4. The third kappa shape index (κ3) is 17.8. The highest BCUT2D eigenvalue weighted by Gasteiger charge is 2.52. The van der Waals surface area contributed by atoms with Gasteiger partial charge in [0, 0.05) is 58.5 Å². The van der Waals surface area contributed by atoms with Crippen LogP contribution in [0.3, 0.4) is 0 Å². The predicted molar refractivity (Wildman–Crippen MR) is 280 cm³/mol. The van der Waals surface area contributed by atoms with E-state index < -0.39 is 71.8 Å². The van der Waals surface area contributed by atoms with E-state index in [1.807, 2.05) is 51.2 Å². The Balaban J connectivity index is 1.44. The average molecular weight is 1040 g/mol. The van der Waals surface area contributed by atoms with Crippen molar-refractivity contribution in [3.63, 3.8) is 0 Å². The summed E-state index contributed by atoms with van der Waals surface area (Å²) in [5.74, 6) is -5.99. The molecular weight excluding hydrogens is 951 g/mol. The molecule has 0 aromatic heterocycles. The highest BCUT2D eigenvalue weighted by atomic mass is 16.6. The molecule has 4 fully saturated rings. The number of aliphatic hydroxyl groups is 2. The van der Waals surface area contributed by atoms with Crippen LogP contribution in [-0.4, -0.2) is 173 Å². The van der Waals surface area contributed by atoms with Crippen molar-refractivity contribution in [2.75, 3.05) is 74.1 Å². The van der Waals surface area contributed by atoms with Crippen LogP contribution in [0.25, 0.3) is 0 Å². The summed E-state index contributed by atoms with van der Waals surface area (Å²) in [6.07, 6.45) is 14.3. The van der Waals surface area contributed by atoms with Crippen LogP contribution in [0, 0.1) is 35.5 Å². The number of nitrogens with zero attached hydrogens (tertiary/aromatic N) is 1. The summed E-state index contributed by atoms with van der Waals surface area (Å²) in [6.45, 7) is 16.2. The monoisotopic (exact) mass is 1040 g/mol. The quantitative estimate of drug-likeness (QED) is 0.114. The summed E-state index contributed by atoms with van der Waals surface area (Å²) in [6, 6.07) is -0.486. The molecule has 0 unspecified atom stereocenters. The van der Waals surface area contributed by atoms with Gasteiger partial charge in [0.05, 0.1) is 82.8 Å². The fourth-order valence-corrected chi connectivity index (χ4v) is 11.4. The highest BCUT2D eigenvalue weighted by Crippen LogP contribution is 2.38. The van der Waals surface area contributed by atoms with E-state index in [0.29, 0.717) is 83.7 Å². The Labute approximate surface area is 442 Å². The molecule has 0 aromatic carbocycles. The Kier molecular flexibility index (Phi) is 25.8. The maximum atomic E-state index is 14.5. The van der Waals surface area contributed by atoms with Gasteiger partial charge in [0.1, 0.15) is 24.1 Å². The molecule has 3 saturated heterocycles. The second kappa shape index (κ2) is 30.8. The number of hydrogen-bond acceptors (Lipinski definition) is 15. The molecule has 4 aliphatic heterocycles. The number of rotatable bonds is 12. The Hall–Kier alpha value is -3.00. The molecule has 16 atom stereocenters. The number of piperidine rings is 1. The zero-order valence-corrected chi connectivity index (χ0v) is 46.4. The molecule has 2 bridgehead atoms. The number of Topliss-reactive ketones (excluding diaryl/α,β-unsaturated/α-hetero) is 3. The fourth-order valence-electron chi connectivity index (χ4n) is 11.4. The Morgan fingerprint density at radius 2 is 1.61 bits per heavy atom. The van der Waals surface area contributed by atoms with Gasteiger partial charge < -0.3 is 57.7 Å². The van der Waals surface area contributed by atoms with E-state index in [1.54, 1.807) is 41.1 Å². The van der Waals surface area contributed by atoms with Crippen molar-refractivity contribution in [1.82, 2.24) is 4.90 Å². The lowest BCUT2D eigenvalue weighted by Crippen LogP contribution is -2.60. The second-order valence-electron chi connectivity index (χ2n) is 22.1. The van der Waals surface area contributed by atoms with Crippen molar-refractivity contribution < 1.29 is 72.0 Å². The van der Waals surface area contributed by atoms with Crippen LogP contribution in [-0.2, 0) is 61.8 Å². The molecule has 5 aliphatic rings. The average Bonchev–Trinajstić information content (AvgIpc) is 3.39. The van der Waals surface area contributed by atoms with E-state index in [2.05, 4.69) is 6.92 Å². The number of ketones is 3. The van der Waals surface area contributed by atoms with Crippen molar-refractivity contribution in [3.05, 3.63) is 47.6 Å². The van der Waals surface area contributed by atoms with Crippen molar-refractivity contribution in [1.29, 1.82) is 0 Å². The number of hydrogen-bond donors (Lipinski definition) is 2. The number of aliphatic hydroxyl groups excluding tert-OH is 1. The number of allylic oxidation sites excluding steroid dienone is 6.